The van der Waals surface area contributed by atoms with E-state index in [1.165, 1.54) is 0 Å². The highest BCUT2D eigenvalue weighted by molar-refractivity contribution is 6.30. The highest BCUT2D eigenvalue weighted by atomic mass is 35.5. The van der Waals surface area contributed by atoms with Crippen LogP contribution in [0.15, 0.2) is 24.3 Å². The first-order valence-corrected chi connectivity index (χ1v) is 6.94. The molecular formula is C16H17ClO4. The normalized spacial score (nSPS) is 11.3. The molecule has 1 unspecified atom stereocenters. The quantitative estimate of drug-likeness (QED) is 0.573. The summed E-state index contributed by atoms with van der Waals surface area (Å²) >= 11 is 5.76. The van der Waals surface area contributed by atoms with Gasteiger partial charge in [0.15, 0.2) is 6.10 Å². The second-order valence-electron chi connectivity index (χ2n) is 4.44. The van der Waals surface area contributed by atoms with Gasteiger partial charge in [-0.05, 0) is 31.0 Å². The smallest absolute Gasteiger partial charge is 0.307 e. The molecule has 0 heterocycles. The van der Waals surface area contributed by atoms with Crippen molar-refractivity contribution in [2.45, 2.75) is 38.9 Å². The molecule has 0 spiro atoms. The van der Waals surface area contributed by atoms with Crippen LogP contribution in [0.5, 0.6) is 0 Å². The number of carbonyl (C=O) groups is 2. The van der Waals surface area contributed by atoms with Gasteiger partial charge in [0.1, 0.15) is 6.61 Å². The van der Waals surface area contributed by atoms with Gasteiger partial charge >= 0.3 is 11.9 Å². The minimum absolute atomic E-state index is 0.141. The monoisotopic (exact) mass is 308 g/mol. The van der Waals surface area contributed by atoms with Gasteiger partial charge < -0.3 is 9.47 Å². The third kappa shape index (κ3) is 7.38. The van der Waals surface area contributed by atoms with Crippen LogP contribution in [0.3, 0.4) is 0 Å². The van der Waals surface area contributed by atoms with E-state index >= 15 is 0 Å². The third-order valence-corrected chi connectivity index (χ3v) is 2.87. The Balaban J connectivity index is 2.18. The Labute approximate surface area is 129 Å². The fourth-order valence-corrected chi connectivity index (χ4v) is 1.61. The van der Waals surface area contributed by atoms with E-state index in [0.717, 1.165) is 5.56 Å². The van der Waals surface area contributed by atoms with Gasteiger partial charge in [0, 0.05) is 17.9 Å². The number of carbonyl (C=O) groups excluding carboxylic acids is 2. The van der Waals surface area contributed by atoms with Gasteiger partial charge in [0.2, 0.25) is 0 Å². The third-order valence-electron chi connectivity index (χ3n) is 2.62. The van der Waals surface area contributed by atoms with Crippen LogP contribution in [-0.2, 0) is 25.7 Å². The van der Waals surface area contributed by atoms with Gasteiger partial charge in [-0.1, -0.05) is 29.7 Å². The molecule has 0 bridgehead atoms. The molecule has 1 atom stereocenters. The summed E-state index contributed by atoms with van der Waals surface area (Å²) in [5, 5.41) is 0.629. The Hall–Kier alpha value is -1.99. The van der Waals surface area contributed by atoms with Gasteiger partial charge in [-0.3, -0.25) is 9.59 Å². The van der Waals surface area contributed by atoms with Crippen LogP contribution in [-0.4, -0.2) is 18.0 Å². The second-order valence-corrected chi connectivity index (χ2v) is 4.88. The molecule has 0 amide bonds. The summed E-state index contributed by atoms with van der Waals surface area (Å²) in [6.45, 7) is 1.80. The Kier molecular flexibility index (Phi) is 7.34. The standard InChI is InChI=1S/C16H17ClO4/c1-3-12(2)21-16(19)6-4-5-15(18)20-11-13-7-9-14(17)10-8-13/h1,7-10,12H,4-6,11H2,2H3. The predicted octanol–water partition coefficient (Wildman–Crippen LogP) is 3.12. The summed E-state index contributed by atoms with van der Waals surface area (Å²) < 4.78 is 9.97. The SMILES string of the molecule is C#CC(C)OC(=O)CCCC(=O)OCc1ccc(Cl)cc1. The molecule has 0 saturated heterocycles. The van der Waals surface area contributed by atoms with Crippen molar-refractivity contribution in [2.75, 3.05) is 0 Å². The Morgan fingerprint density at radius 1 is 1.24 bits per heavy atom. The molecule has 1 aromatic carbocycles. The van der Waals surface area contributed by atoms with E-state index in [9.17, 15) is 9.59 Å². The van der Waals surface area contributed by atoms with E-state index in [1.807, 2.05) is 0 Å². The number of ether oxygens (including phenoxy) is 2. The number of halogens is 1. The van der Waals surface area contributed by atoms with E-state index in [4.69, 9.17) is 27.5 Å². The lowest BCUT2D eigenvalue weighted by molar-refractivity contribution is -0.147. The molecule has 1 aromatic rings. The minimum atomic E-state index is -0.547. The number of terminal acetylenes is 1. The van der Waals surface area contributed by atoms with Gasteiger partial charge in [-0.15, -0.1) is 6.42 Å². The van der Waals surface area contributed by atoms with Crippen molar-refractivity contribution in [1.82, 2.24) is 0 Å². The molecule has 4 nitrogen and oxygen atoms in total. The van der Waals surface area contributed by atoms with Crippen LogP contribution in [0.2, 0.25) is 5.02 Å². The van der Waals surface area contributed by atoms with Crippen LogP contribution in [0, 0.1) is 12.3 Å². The van der Waals surface area contributed by atoms with Gasteiger partial charge in [0.05, 0.1) is 0 Å². The highest BCUT2D eigenvalue weighted by Crippen LogP contribution is 2.11. The van der Waals surface area contributed by atoms with Gasteiger partial charge in [0.25, 0.3) is 0 Å². The maximum atomic E-state index is 11.5. The lowest BCUT2D eigenvalue weighted by Crippen LogP contribution is -2.13. The first-order valence-electron chi connectivity index (χ1n) is 6.57. The summed E-state index contributed by atoms with van der Waals surface area (Å²) in [4.78, 5) is 22.8. The average Bonchev–Trinajstić information content (AvgIpc) is 2.46. The summed E-state index contributed by atoms with van der Waals surface area (Å²) in [7, 11) is 0. The molecule has 0 aliphatic heterocycles. The zero-order valence-corrected chi connectivity index (χ0v) is 12.6. The van der Waals surface area contributed by atoms with E-state index in [0.29, 0.717) is 11.4 Å². The van der Waals surface area contributed by atoms with Crippen LogP contribution in [0.4, 0.5) is 0 Å². The topological polar surface area (TPSA) is 52.6 Å². The fraction of sp³-hybridized carbons (Fsp3) is 0.375. The molecule has 21 heavy (non-hydrogen) atoms. The predicted molar refractivity (Wildman–Crippen MR) is 79.5 cm³/mol. The van der Waals surface area contributed by atoms with Crippen molar-refractivity contribution in [2.24, 2.45) is 0 Å². The summed E-state index contributed by atoms with van der Waals surface area (Å²) in [6.07, 6.45) is 5.22. The van der Waals surface area contributed by atoms with Crippen molar-refractivity contribution >= 4 is 23.5 Å². The number of hydrogen-bond donors (Lipinski definition) is 0. The molecule has 0 fully saturated rings. The Morgan fingerprint density at radius 2 is 1.86 bits per heavy atom. The molecule has 0 saturated carbocycles. The molecule has 0 radical (unpaired) electrons. The zero-order valence-electron chi connectivity index (χ0n) is 11.8. The van der Waals surface area contributed by atoms with Crippen LogP contribution in [0.1, 0.15) is 31.7 Å². The number of benzene rings is 1. The van der Waals surface area contributed by atoms with Gasteiger partial charge in [-0.25, -0.2) is 0 Å². The maximum Gasteiger partial charge on any atom is 0.307 e. The lowest BCUT2D eigenvalue weighted by atomic mass is 10.2. The van der Waals surface area contributed by atoms with E-state index in [1.54, 1.807) is 31.2 Å². The molecule has 0 aromatic heterocycles. The minimum Gasteiger partial charge on any atom is -0.461 e. The van der Waals surface area contributed by atoms with Crippen LogP contribution < -0.4 is 0 Å². The fourth-order valence-electron chi connectivity index (χ4n) is 1.48. The number of hydrogen-bond acceptors (Lipinski definition) is 4. The summed E-state index contributed by atoms with van der Waals surface area (Å²) in [6, 6.07) is 7.03. The molecular weight excluding hydrogens is 292 g/mol. The molecule has 0 aliphatic carbocycles. The van der Waals surface area contributed by atoms with Crippen molar-refractivity contribution < 1.29 is 19.1 Å². The van der Waals surface area contributed by atoms with E-state index in [-0.39, 0.29) is 25.4 Å². The Bertz CT molecular complexity index is 516. The molecule has 112 valence electrons. The lowest BCUT2D eigenvalue weighted by Gasteiger charge is -2.07. The van der Waals surface area contributed by atoms with Crippen LogP contribution >= 0.6 is 11.6 Å². The maximum absolute atomic E-state index is 11.5. The molecule has 5 heteroatoms. The van der Waals surface area contributed by atoms with Crippen molar-refractivity contribution in [3.63, 3.8) is 0 Å². The van der Waals surface area contributed by atoms with E-state index < -0.39 is 12.1 Å². The first-order chi connectivity index (χ1) is 10.0. The van der Waals surface area contributed by atoms with Crippen molar-refractivity contribution in [1.29, 1.82) is 0 Å². The summed E-state index contributed by atoms with van der Waals surface area (Å²) in [5.74, 6) is 1.52. The molecule has 0 aliphatic rings. The van der Waals surface area contributed by atoms with E-state index in [2.05, 4.69) is 5.92 Å². The number of rotatable bonds is 7. The largest absolute Gasteiger partial charge is 0.461 e. The average molecular weight is 309 g/mol. The summed E-state index contributed by atoms with van der Waals surface area (Å²) in [5.41, 5.74) is 0.856. The highest BCUT2D eigenvalue weighted by Gasteiger charge is 2.09. The molecule has 1 rings (SSSR count). The number of esters is 2. The zero-order chi connectivity index (χ0) is 15.7. The second kappa shape index (κ2) is 9.04. The first kappa shape index (κ1) is 17.1. The van der Waals surface area contributed by atoms with Crippen molar-refractivity contribution in [3.8, 4) is 12.3 Å². The van der Waals surface area contributed by atoms with Crippen LogP contribution in [0.25, 0.3) is 0 Å². The van der Waals surface area contributed by atoms with Gasteiger partial charge in [-0.2, -0.15) is 0 Å². The Morgan fingerprint density at radius 3 is 2.48 bits per heavy atom. The molecule has 0 N–H and O–H groups in total. The van der Waals surface area contributed by atoms with Crippen molar-refractivity contribution in [3.05, 3.63) is 34.9 Å².